The highest BCUT2D eigenvalue weighted by molar-refractivity contribution is 5.94. The van der Waals surface area contributed by atoms with E-state index in [0.29, 0.717) is 11.1 Å². The zero-order valence-electron chi connectivity index (χ0n) is 11.3. The van der Waals surface area contributed by atoms with E-state index in [1.54, 1.807) is 18.2 Å². The van der Waals surface area contributed by atoms with E-state index in [1.165, 1.54) is 12.1 Å². The van der Waals surface area contributed by atoms with E-state index in [2.05, 4.69) is 6.07 Å². The normalized spacial score (nSPS) is 11.3. The molecule has 0 aliphatic rings. The lowest BCUT2D eigenvalue weighted by Crippen LogP contribution is -1.84. The second-order valence-electron chi connectivity index (χ2n) is 4.79. The largest absolute Gasteiger partial charge is 0.207 e. The van der Waals surface area contributed by atoms with E-state index in [-0.39, 0.29) is 5.82 Å². The number of halogens is 1. The topological polar surface area (TPSA) is 23.8 Å². The molecule has 0 N–H and O–H groups in total. The molecule has 0 spiro atoms. The quantitative estimate of drug-likeness (QED) is 0.474. The molecule has 3 rings (SSSR count). The third kappa shape index (κ3) is 2.82. The van der Waals surface area contributed by atoms with Crippen LogP contribution < -0.4 is 0 Å². The Morgan fingerprint density at radius 3 is 2.48 bits per heavy atom. The smallest absolute Gasteiger partial charge is 0.123 e. The minimum atomic E-state index is -0.306. The highest BCUT2D eigenvalue weighted by atomic mass is 19.1. The van der Waals surface area contributed by atoms with E-state index in [9.17, 15) is 9.65 Å². The maximum Gasteiger partial charge on any atom is 0.123 e. The maximum absolute atomic E-state index is 13.2. The number of hydrogen-bond acceptors (Lipinski definition) is 1. The molecule has 0 bridgehead atoms. The van der Waals surface area contributed by atoms with Crippen molar-refractivity contribution in [2.45, 2.75) is 0 Å². The predicted molar refractivity (Wildman–Crippen MR) is 83.8 cm³/mol. The lowest BCUT2D eigenvalue weighted by molar-refractivity contribution is 0.627. The van der Waals surface area contributed by atoms with Crippen LogP contribution in [0.3, 0.4) is 0 Å². The summed E-state index contributed by atoms with van der Waals surface area (Å²) in [6, 6.07) is 22.3. The van der Waals surface area contributed by atoms with Crippen LogP contribution >= 0.6 is 0 Å². The van der Waals surface area contributed by atoms with E-state index in [1.807, 2.05) is 42.5 Å². The molecule has 1 nitrogen and oxygen atoms in total. The van der Waals surface area contributed by atoms with Gasteiger partial charge in [-0.05, 0) is 46.2 Å². The molecule has 3 aromatic rings. The molecule has 21 heavy (non-hydrogen) atoms. The minimum absolute atomic E-state index is 0.306. The van der Waals surface area contributed by atoms with Crippen molar-refractivity contribution in [3.8, 4) is 6.07 Å². The van der Waals surface area contributed by atoms with Crippen LogP contribution in [0, 0.1) is 17.1 Å². The maximum atomic E-state index is 13.2. The zero-order chi connectivity index (χ0) is 14.7. The lowest BCUT2D eigenvalue weighted by atomic mass is 10.0. The standard InChI is InChI=1S/C19H12FN/c20-19-7-3-4-14(11-19)10-18(13-21)17-9-8-15-5-1-2-6-16(15)12-17/h1-12H. The highest BCUT2D eigenvalue weighted by Crippen LogP contribution is 2.23. The summed E-state index contributed by atoms with van der Waals surface area (Å²) in [4.78, 5) is 0. The van der Waals surface area contributed by atoms with Gasteiger partial charge in [-0.3, -0.25) is 0 Å². The van der Waals surface area contributed by atoms with E-state index >= 15 is 0 Å². The predicted octanol–water partition coefficient (Wildman–Crippen LogP) is 5.04. The molecule has 3 aromatic carbocycles. The molecule has 0 radical (unpaired) electrons. The molecule has 0 unspecified atom stereocenters. The summed E-state index contributed by atoms with van der Waals surface area (Å²) < 4.78 is 13.2. The number of hydrogen-bond donors (Lipinski definition) is 0. The van der Waals surface area contributed by atoms with Crippen LogP contribution in [-0.4, -0.2) is 0 Å². The van der Waals surface area contributed by atoms with Crippen LogP contribution in [0.15, 0.2) is 66.7 Å². The van der Waals surface area contributed by atoms with Gasteiger partial charge in [0.05, 0.1) is 11.6 Å². The summed E-state index contributed by atoms with van der Waals surface area (Å²) in [5.41, 5.74) is 2.03. The van der Waals surface area contributed by atoms with Crippen LogP contribution in [0.4, 0.5) is 4.39 Å². The number of nitrogens with zero attached hydrogens (tertiary/aromatic N) is 1. The van der Waals surface area contributed by atoms with Gasteiger partial charge in [-0.1, -0.05) is 48.5 Å². The van der Waals surface area contributed by atoms with Gasteiger partial charge < -0.3 is 0 Å². The average Bonchev–Trinajstić information content (AvgIpc) is 2.52. The highest BCUT2D eigenvalue weighted by Gasteiger charge is 2.03. The molecule has 0 aliphatic heterocycles. The second kappa shape index (κ2) is 5.60. The van der Waals surface area contributed by atoms with Gasteiger partial charge in [0.1, 0.15) is 5.82 Å². The van der Waals surface area contributed by atoms with Crippen molar-refractivity contribution in [1.82, 2.24) is 0 Å². The summed E-state index contributed by atoms with van der Waals surface area (Å²) in [5, 5.41) is 11.6. The van der Waals surface area contributed by atoms with E-state index in [0.717, 1.165) is 16.3 Å². The number of benzene rings is 3. The Morgan fingerprint density at radius 1 is 0.905 bits per heavy atom. The van der Waals surface area contributed by atoms with Gasteiger partial charge in [0, 0.05) is 0 Å². The summed E-state index contributed by atoms with van der Waals surface area (Å²) in [6.45, 7) is 0. The molecule has 100 valence electrons. The summed E-state index contributed by atoms with van der Waals surface area (Å²) >= 11 is 0. The van der Waals surface area contributed by atoms with Gasteiger partial charge in [0.25, 0.3) is 0 Å². The summed E-state index contributed by atoms with van der Waals surface area (Å²) in [6.07, 6.45) is 1.70. The number of rotatable bonds is 2. The second-order valence-corrected chi connectivity index (χ2v) is 4.79. The van der Waals surface area contributed by atoms with Crippen molar-refractivity contribution in [1.29, 1.82) is 5.26 Å². The van der Waals surface area contributed by atoms with E-state index < -0.39 is 0 Å². The number of fused-ring (bicyclic) bond motifs is 1. The molecule has 0 saturated carbocycles. The van der Waals surface area contributed by atoms with Crippen LogP contribution in [-0.2, 0) is 0 Å². The Hall–Kier alpha value is -2.92. The Morgan fingerprint density at radius 2 is 1.71 bits per heavy atom. The van der Waals surface area contributed by atoms with Gasteiger partial charge in [-0.2, -0.15) is 5.26 Å². The number of nitriles is 1. The van der Waals surface area contributed by atoms with Gasteiger partial charge in [0.2, 0.25) is 0 Å². The van der Waals surface area contributed by atoms with Crippen molar-refractivity contribution in [2.24, 2.45) is 0 Å². The van der Waals surface area contributed by atoms with Crippen molar-refractivity contribution in [3.05, 3.63) is 83.7 Å². The number of allylic oxidation sites excluding steroid dienone is 1. The van der Waals surface area contributed by atoms with Crippen molar-refractivity contribution >= 4 is 22.4 Å². The Kier molecular flexibility index (Phi) is 3.49. The lowest BCUT2D eigenvalue weighted by Gasteiger charge is -2.03. The third-order valence-electron chi connectivity index (χ3n) is 3.34. The Bertz CT molecular complexity index is 872. The zero-order valence-corrected chi connectivity index (χ0v) is 11.3. The molecule has 0 aliphatic carbocycles. The first-order valence-corrected chi connectivity index (χ1v) is 6.63. The molecule has 0 aromatic heterocycles. The van der Waals surface area contributed by atoms with Crippen LogP contribution in [0.2, 0.25) is 0 Å². The summed E-state index contributed by atoms with van der Waals surface area (Å²) in [7, 11) is 0. The van der Waals surface area contributed by atoms with Crippen LogP contribution in [0.5, 0.6) is 0 Å². The molecular formula is C19H12FN. The molecule has 2 heteroatoms. The van der Waals surface area contributed by atoms with Gasteiger partial charge >= 0.3 is 0 Å². The van der Waals surface area contributed by atoms with Gasteiger partial charge in [0.15, 0.2) is 0 Å². The first kappa shape index (κ1) is 13.1. The van der Waals surface area contributed by atoms with Crippen molar-refractivity contribution < 1.29 is 4.39 Å². The fraction of sp³-hybridized carbons (Fsp3) is 0. The van der Waals surface area contributed by atoms with Crippen LogP contribution in [0.1, 0.15) is 11.1 Å². The van der Waals surface area contributed by atoms with Crippen molar-refractivity contribution in [2.75, 3.05) is 0 Å². The summed E-state index contributed by atoms with van der Waals surface area (Å²) in [5.74, 6) is -0.306. The van der Waals surface area contributed by atoms with Crippen LogP contribution in [0.25, 0.3) is 22.4 Å². The SMILES string of the molecule is N#CC(=Cc1cccc(F)c1)c1ccc2ccccc2c1. The van der Waals surface area contributed by atoms with Gasteiger partial charge in [-0.15, -0.1) is 0 Å². The monoisotopic (exact) mass is 273 g/mol. The first-order valence-electron chi connectivity index (χ1n) is 6.63. The fourth-order valence-corrected chi connectivity index (χ4v) is 2.30. The molecule has 0 amide bonds. The average molecular weight is 273 g/mol. The fourth-order valence-electron chi connectivity index (χ4n) is 2.30. The van der Waals surface area contributed by atoms with E-state index in [4.69, 9.17) is 0 Å². The first-order chi connectivity index (χ1) is 10.3. The molecular weight excluding hydrogens is 261 g/mol. The Labute approximate surface area is 122 Å². The minimum Gasteiger partial charge on any atom is -0.207 e. The van der Waals surface area contributed by atoms with Gasteiger partial charge in [-0.25, -0.2) is 4.39 Å². The third-order valence-corrected chi connectivity index (χ3v) is 3.34. The van der Waals surface area contributed by atoms with Crippen molar-refractivity contribution in [3.63, 3.8) is 0 Å². The molecule has 0 heterocycles. The Balaban J connectivity index is 2.08. The molecule has 0 fully saturated rings. The molecule has 0 atom stereocenters. The molecule has 0 saturated heterocycles.